The first-order valence-electron chi connectivity index (χ1n) is 9.72. The molecule has 1 N–H and O–H groups in total. The Morgan fingerprint density at radius 3 is 2.62 bits per heavy atom. The van der Waals surface area contributed by atoms with Crippen LogP contribution in [0.3, 0.4) is 0 Å². The third kappa shape index (κ3) is 4.40. The standard InChI is InChI=1S/C22H18F3N5OS/c1-3-13(2)27-28-20(31)17-12-32-21(26-17)30-18(11-19(29-30)22(23,24)25)16-9-8-14-6-4-5-7-15(14)10-16/h4-12H,3H2,1-2H3,(H,28,31). The van der Waals surface area contributed by atoms with Crippen molar-refractivity contribution in [2.24, 2.45) is 5.10 Å². The van der Waals surface area contributed by atoms with Gasteiger partial charge in [-0.05, 0) is 36.2 Å². The molecule has 0 radical (unpaired) electrons. The minimum atomic E-state index is -4.62. The number of nitrogens with zero attached hydrogens (tertiary/aromatic N) is 4. The van der Waals surface area contributed by atoms with Crippen molar-refractivity contribution in [2.75, 3.05) is 0 Å². The zero-order valence-corrected chi connectivity index (χ0v) is 18.0. The number of carbonyl (C=O) groups excluding carboxylic acids is 1. The van der Waals surface area contributed by atoms with Gasteiger partial charge in [0.15, 0.2) is 5.69 Å². The molecule has 4 aromatic rings. The van der Waals surface area contributed by atoms with E-state index in [0.717, 1.165) is 38.6 Å². The summed E-state index contributed by atoms with van der Waals surface area (Å²) in [6, 6.07) is 13.9. The molecule has 32 heavy (non-hydrogen) atoms. The minimum Gasteiger partial charge on any atom is -0.266 e. The van der Waals surface area contributed by atoms with Crippen LogP contribution in [0.1, 0.15) is 36.5 Å². The van der Waals surface area contributed by atoms with Gasteiger partial charge in [-0.15, -0.1) is 11.3 Å². The highest BCUT2D eigenvalue weighted by Crippen LogP contribution is 2.34. The maximum Gasteiger partial charge on any atom is 0.435 e. The van der Waals surface area contributed by atoms with E-state index >= 15 is 0 Å². The number of thiazole rings is 1. The molecule has 10 heteroatoms. The Bertz CT molecular complexity index is 1320. The lowest BCUT2D eigenvalue weighted by molar-refractivity contribution is -0.141. The number of nitrogens with one attached hydrogen (secondary N) is 1. The fourth-order valence-electron chi connectivity index (χ4n) is 2.97. The minimum absolute atomic E-state index is 0.0474. The van der Waals surface area contributed by atoms with E-state index in [1.807, 2.05) is 37.3 Å². The van der Waals surface area contributed by atoms with E-state index in [4.69, 9.17) is 0 Å². The molecule has 2 heterocycles. The summed E-state index contributed by atoms with van der Waals surface area (Å²) in [5.41, 5.74) is 2.91. The molecular formula is C22H18F3N5OS. The quantitative estimate of drug-likeness (QED) is 0.309. The predicted molar refractivity (Wildman–Crippen MR) is 118 cm³/mol. The SMILES string of the molecule is CCC(C)=NNC(=O)c1csc(-n2nc(C(F)(F)F)cc2-c2ccc3ccccc3c2)n1. The lowest BCUT2D eigenvalue weighted by atomic mass is 10.0. The van der Waals surface area contributed by atoms with Crippen LogP contribution in [0.4, 0.5) is 13.2 Å². The molecule has 164 valence electrons. The van der Waals surface area contributed by atoms with Gasteiger partial charge in [-0.2, -0.15) is 23.4 Å². The van der Waals surface area contributed by atoms with Crippen molar-refractivity contribution < 1.29 is 18.0 Å². The number of rotatable bonds is 5. The van der Waals surface area contributed by atoms with Gasteiger partial charge >= 0.3 is 6.18 Å². The Labute approximate surface area is 185 Å². The van der Waals surface area contributed by atoms with Gasteiger partial charge in [-0.25, -0.2) is 15.1 Å². The van der Waals surface area contributed by atoms with Crippen LogP contribution in [-0.4, -0.2) is 26.4 Å². The molecule has 4 rings (SSSR count). The zero-order chi connectivity index (χ0) is 22.9. The van der Waals surface area contributed by atoms with Crippen molar-refractivity contribution >= 4 is 33.7 Å². The monoisotopic (exact) mass is 457 g/mol. The van der Waals surface area contributed by atoms with Crippen LogP contribution in [0, 0.1) is 0 Å². The fraction of sp³-hybridized carbons (Fsp3) is 0.182. The summed E-state index contributed by atoms with van der Waals surface area (Å²) in [4.78, 5) is 16.5. The molecule has 0 unspecified atom stereocenters. The third-order valence-electron chi connectivity index (χ3n) is 4.81. The second-order valence-corrected chi connectivity index (χ2v) is 7.88. The van der Waals surface area contributed by atoms with Crippen LogP contribution in [0.2, 0.25) is 0 Å². The van der Waals surface area contributed by atoms with Gasteiger partial charge < -0.3 is 0 Å². The van der Waals surface area contributed by atoms with Gasteiger partial charge in [0, 0.05) is 16.7 Å². The Kier molecular flexibility index (Phi) is 5.79. The van der Waals surface area contributed by atoms with Crippen molar-refractivity contribution in [1.82, 2.24) is 20.2 Å². The highest BCUT2D eigenvalue weighted by molar-refractivity contribution is 7.12. The second kappa shape index (κ2) is 8.54. The molecule has 1 amide bonds. The summed E-state index contributed by atoms with van der Waals surface area (Å²) >= 11 is 1.02. The molecule has 2 aromatic carbocycles. The summed E-state index contributed by atoms with van der Waals surface area (Å²) < 4.78 is 41.4. The van der Waals surface area contributed by atoms with E-state index in [2.05, 4.69) is 20.6 Å². The van der Waals surface area contributed by atoms with Crippen molar-refractivity contribution in [2.45, 2.75) is 26.4 Å². The highest BCUT2D eigenvalue weighted by atomic mass is 32.1. The zero-order valence-electron chi connectivity index (χ0n) is 17.1. The Hall–Kier alpha value is -3.53. The average molecular weight is 457 g/mol. The predicted octanol–water partition coefficient (Wildman–Crippen LogP) is 5.68. The van der Waals surface area contributed by atoms with Crippen LogP contribution < -0.4 is 5.43 Å². The molecule has 0 spiro atoms. The van der Waals surface area contributed by atoms with Crippen LogP contribution in [-0.2, 0) is 6.18 Å². The topological polar surface area (TPSA) is 72.2 Å². The molecule has 0 bridgehead atoms. The molecule has 0 saturated heterocycles. The highest BCUT2D eigenvalue weighted by Gasteiger charge is 2.35. The number of benzene rings is 2. The van der Waals surface area contributed by atoms with Crippen LogP contribution >= 0.6 is 11.3 Å². The van der Waals surface area contributed by atoms with Crippen molar-refractivity contribution in [1.29, 1.82) is 0 Å². The summed E-state index contributed by atoms with van der Waals surface area (Å²) in [7, 11) is 0. The van der Waals surface area contributed by atoms with Gasteiger partial charge in [0.1, 0.15) is 5.69 Å². The smallest absolute Gasteiger partial charge is 0.266 e. The molecule has 2 aromatic heterocycles. The molecular weight excluding hydrogens is 439 g/mol. The first kappa shape index (κ1) is 21.7. The first-order chi connectivity index (χ1) is 15.3. The fourth-order valence-corrected chi connectivity index (χ4v) is 3.73. The maximum absolute atomic E-state index is 13.4. The average Bonchev–Trinajstić information content (AvgIpc) is 3.44. The van der Waals surface area contributed by atoms with E-state index in [0.29, 0.717) is 12.0 Å². The van der Waals surface area contributed by atoms with Crippen LogP contribution in [0.15, 0.2) is 59.0 Å². The molecule has 0 aliphatic rings. The number of aromatic nitrogens is 3. The summed E-state index contributed by atoms with van der Waals surface area (Å²) in [5.74, 6) is -0.546. The normalized spacial score (nSPS) is 12.3. The Balaban J connectivity index is 1.76. The van der Waals surface area contributed by atoms with Gasteiger partial charge in [0.25, 0.3) is 5.91 Å². The number of alkyl halides is 3. The number of carbonyl (C=O) groups is 1. The number of hydrogen-bond donors (Lipinski definition) is 1. The molecule has 6 nitrogen and oxygen atoms in total. The van der Waals surface area contributed by atoms with Gasteiger partial charge in [0.2, 0.25) is 5.13 Å². The molecule has 0 saturated carbocycles. The Morgan fingerprint density at radius 1 is 1.16 bits per heavy atom. The summed E-state index contributed by atoms with van der Waals surface area (Å²) in [6.45, 7) is 3.67. The molecule has 0 fully saturated rings. The van der Waals surface area contributed by atoms with Crippen LogP contribution in [0.25, 0.3) is 27.2 Å². The van der Waals surface area contributed by atoms with Crippen molar-refractivity contribution in [3.63, 3.8) is 0 Å². The van der Waals surface area contributed by atoms with E-state index in [9.17, 15) is 18.0 Å². The lowest BCUT2D eigenvalue weighted by Gasteiger charge is -2.06. The van der Waals surface area contributed by atoms with E-state index in [-0.39, 0.29) is 16.5 Å². The Morgan fingerprint density at radius 2 is 1.91 bits per heavy atom. The number of halogens is 3. The van der Waals surface area contributed by atoms with Crippen molar-refractivity contribution in [3.05, 3.63) is 65.3 Å². The largest absolute Gasteiger partial charge is 0.435 e. The van der Waals surface area contributed by atoms with Gasteiger partial charge in [0.05, 0.1) is 5.69 Å². The lowest BCUT2D eigenvalue weighted by Crippen LogP contribution is -2.19. The van der Waals surface area contributed by atoms with Gasteiger partial charge in [-0.1, -0.05) is 43.3 Å². The first-order valence-corrected chi connectivity index (χ1v) is 10.6. The number of hydrazone groups is 1. The second-order valence-electron chi connectivity index (χ2n) is 7.04. The maximum atomic E-state index is 13.4. The third-order valence-corrected chi connectivity index (χ3v) is 5.63. The summed E-state index contributed by atoms with van der Waals surface area (Å²) in [6.07, 6.45) is -3.95. The summed E-state index contributed by atoms with van der Waals surface area (Å²) in [5, 5.41) is 11.1. The number of amides is 1. The van der Waals surface area contributed by atoms with Crippen LogP contribution in [0.5, 0.6) is 0 Å². The molecule has 0 aliphatic heterocycles. The van der Waals surface area contributed by atoms with E-state index in [1.54, 1.807) is 19.1 Å². The number of fused-ring (bicyclic) bond motifs is 1. The van der Waals surface area contributed by atoms with E-state index in [1.165, 1.54) is 5.38 Å². The molecule has 0 atom stereocenters. The van der Waals surface area contributed by atoms with Crippen molar-refractivity contribution in [3.8, 4) is 16.4 Å². The molecule has 0 aliphatic carbocycles. The van der Waals surface area contributed by atoms with Gasteiger partial charge in [-0.3, -0.25) is 4.79 Å². The van der Waals surface area contributed by atoms with E-state index < -0.39 is 17.8 Å². The number of hydrogen-bond acceptors (Lipinski definition) is 5.